The van der Waals surface area contributed by atoms with Gasteiger partial charge in [-0.1, -0.05) is 23.7 Å². The van der Waals surface area contributed by atoms with Crippen LogP contribution >= 0.6 is 11.6 Å². The molecule has 3 aromatic rings. The topological polar surface area (TPSA) is 55.0 Å². The van der Waals surface area contributed by atoms with E-state index in [-0.39, 0.29) is 5.56 Å². The van der Waals surface area contributed by atoms with Crippen molar-refractivity contribution in [3.8, 4) is 17.0 Å². The molecule has 5 heteroatoms. The monoisotopic (exact) mass is 300 g/mol. The van der Waals surface area contributed by atoms with E-state index in [9.17, 15) is 4.79 Å². The first kappa shape index (κ1) is 13.6. The number of ether oxygens (including phenoxy) is 1. The van der Waals surface area contributed by atoms with Gasteiger partial charge in [-0.25, -0.2) is 4.98 Å². The highest BCUT2D eigenvalue weighted by molar-refractivity contribution is 6.30. The number of aromatic amines is 1. The fraction of sp³-hybridized carbons (Fsp3) is 0.125. The van der Waals surface area contributed by atoms with Gasteiger partial charge < -0.3 is 9.72 Å². The Hall–Kier alpha value is -2.33. The van der Waals surface area contributed by atoms with Gasteiger partial charge in [-0.15, -0.1) is 0 Å². The predicted molar refractivity (Wildman–Crippen MR) is 84.0 cm³/mol. The van der Waals surface area contributed by atoms with Crippen molar-refractivity contribution in [3.63, 3.8) is 0 Å². The van der Waals surface area contributed by atoms with Crippen LogP contribution in [0.1, 0.15) is 6.92 Å². The maximum Gasteiger partial charge on any atom is 0.258 e. The van der Waals surface area contributed by atoms with E-state index in [1.807, 2.05) is 13.0 Å². The lowest BCUT2D eigenvalue weighted by Gasteiger charge is -2.08. The van der Waals surface area contributed by atoms with Crippen molar-refractivity contribution in [1.29, 1.82) is 0 Å². The Kier molecular flexibility index (Phi) is 3.62. The summed E-state index contributed by atoms with van der Waals surface area (Å²) in [5.74, 6) is 0.505. The van der Waals surface area contributed by atoms with Gasteiger partial charge in [0.25, 0.3) is 5.56 Å². The minimum absolute atomic E-state index is 0.189. The van der Waals surface area contributed by atoms with Crippen molar-refractivity contribution >= 4 is 22.5 Å². The minimum atomic E-state index is -0.189. The largest absolute Gasteiger partial charge is 0.478 e. The minimum Gasteiger partial charge on any atom is -0.478 e. The van der Waals surface area contributed by atoms with Crippen LogP contribution in [0.2, 0.25) is 5.02 Å². The summed E-state index contributed by atoms with van der Waals surface area (Å²) in [5, 5.41) is 1.47. The lowest BCUT2D eigenvalue weighted by atomic mass is 10.0. The van der Waals surface area contributed by atoms with Gasteiger partial charge in [0.1, 0.15) is 0 Å². The zero-order valence-electron chi connectivity index (χ0n) is 11.4. The van der Waals surface area contributed by atoms with Crippen LogP contribution in [0, 0.1) is 0 Å². The molecule has 0 radical (unpaired) electrons. The predicted octanol–water partition coefficient (Wildman–Crippen LogP) is 3.64. The Morgan fingerprint density at radius 3 is 2.67 bits per heavy atom. The fourth-order valence-electron chi connectivity index (χ4n) is 2.20. The third-order valence-electron chi connectivity index (χ3n) is 3.15. The molecule has 0 unspecified atom stereocenters. The first-order valence-electron chi connectivity index (χ1n) is 6.60. The summed E-state index contributed by atoms with van der Waals surface area (Å²) in [4.78, 5) is 19.4. The van der Waals surface area contributed by atoms with Crippen LogP contribution in [-0.4, -0.2) is 16.6 Å². The number of rotatable bonds is 3. The van der Waals surface area contributed by atoms with Crippen molar-refractivity contribution in [1.82, 2.24) is 9.97 Å². The molecule has 0 aliphatic rings. The summed E-state index contributed by atoms with van der Waals surface area (Å²) in [6.45, 7) is 2.42. The second-order valence-electron chi connectivity index (χ2n) is 4.52. The van der Waals surface area contributed by atoms with Crippen molar-refractivity contribution in [2.24, 2.45) is 0 Å². The van der Waals surface area contributed by atoms with Gasteiger partial charge in [-0.05, 0) is 30.7 Å². The lowest BCUT2D eigenvalue weighted by molar-refractivity contribution is 0.328. The van der Waals surface area contributed by atoms with Crippen molar-refractivity contribution < 1.29 is 4.74 Å². The molecule has 0 aliphatic carbocycles. The van der Waals surface area contributed by atoms with E-state index in [4.69, 9.17) is 16.3 Å². The quantitative estimate of drug-likeness (QED) is 0.803. The van der Waals surface area contributed by atoms with Crippen LogP contribution < -0.4 is 10.3 Å². The molecule has 4 nitrogen and oxygen atoms in total. The van der Waals surface area contributed by atoms with E-state index in [0.29, 0.717) is 28.6 Å². The number of hydrogen-bond acceptors (Lipinski definition) is 3. The molecule has 0 aliphatic heterocycles. The number of H-pyrrole nitrogens is 1. The standard InChI is InChI=1S/C16H13ClN2O2/c1-2-21-13-8-5-11-9-18-16(20)14(15(11)19-13)10-3-6-12(17)7-4-10/h3-9H,2H2,1H3,(H,18,20). The molecule has 1 aromatic carbocycles. The van der Waals surface area contributed by atoms with Gasteiger partial charge in [0.05, 0.1) is 17.7 Å². The third-order valence-corrected chi connectivity index (χ3v) is 3.40. The third kappa shape index (κ3) is 2.62. The van der Waals surface area contributed by atoms with E-state index in [1.54, 1.807) is 36.5 Å². The average Bonchev–Trinajstić information content (AvgIpc) is 2.49. The highest BCUT2D eigenvalue weighted by Gasteiger charge is 2.11. The number of nitrogens with one attached hydrogen (secondary N) is 1. The summed E-state index contributed by atoms with van der Waals surface area (Å²) in [6, 6.07) is 10.8. The number of pyridine rings is 2. The summed E-state index contributed by atoms with van der Waals surface area (Å²) < 4.78 is 5.42. The van der Waals surface area contributed by atoms with Gasteiger partial charge in [0.15, 0.2) is 0 Å². The Morgan fingerprint density at radius 1 is 1.19 bits per heavy atom. The van der Waals surface area contributed by atoms with Gasteiger partial charge in [0, 0.05) is 22.7 Å². The molecule has 106 valence electrons. The van der Waals surface area contributed by atoms with Crippen LogP contribution in [0.15, 0.2) is 47.4 Å². The van der Waals surface area contributed by atoms with E-state index in [2.05, 4.69) is 9.97 Å². The van der Waals surface area contributed by atoms with E-state index >= 15 is 0 Å². The Bertz CT molecular complexity index is 841. The number of fused-ring (bicyclic) bond motifs is 1. The molecule has 0 saturated heterocycles. The molecular weight excluding hydrogens is 288 g/mol. The maximum atomic E-state index is 12.2. The number of nitrogens with zero attached hydrogens (tertiary/aromatic N) is 1. The highest BCUT2D eigenvalue weighted by atomic mass is 35.5. The highest BCUT2D eigenvalue weighted by Crippen LogP contribution is 2.26. The molecular formula is C16H13ClN2O2. The number of aromatic nitrogens is 2. The molecule has 0 amide bonds. The van der Waals surface area contributed by atoms with Crippen LogP contribution in [0.5, 0.6) is 5.88 Å². The van der Waals surface area contributed by atoms with E-state index < -0.39 is 0 Å². The summed E-state index contributed by atoms with van der Waals surface area (Å²) in [6.07, 6.45) is 1.65. The fourth-order valence-corrected chi connectivity index (χ4v) is 2.33. The first-order chi connectivity index (χ1) is 10.2. The lowest BCUT2D eigenvalue weighted by Crippen LogP contribution is -2.09. The van der Waals surface area contributed by atoms with Gasteiger partial charge in [0.2, 0.25) is 5.88 Å². The summed E-state index contributed by atoms with van der Waals surface area (Å²) in [5.41, 5.74) is 1.72. The van der Waals surface area contributed by atoms with Gasteiger partial charge >= 0.3 is 0 Å². The Balaban J connectivity index is 2.28. The Morgan fingerprint density at radius 2 is 1.95 bits per heavy atom. The van der Waals surface area contributed by atoms with Gasteiger partial charge in [-0.2, -0.15) is 0 Å². The molecule has 0 atom stereocenters. The maximum absolute atomic E-state index is 12.2. The van der Waals surface area contributed by atoms with E-state index in [0.717, 1.165) is 10.9 Å². The van der Waals surface area contributed by atoms with Crippen LogP contribution in [0.4, 0.5) is 0 Å². The number of benzene rings is 1. The molecule has 0 fully saturated rings. The molecule has 1 N–H and O–H groups in total. The van der Waals surface area contributed by atoms with Crippen molar-refractivity contribution in [3.05, 3.63) is 58.0 Å². The number of halogens is 1. The zero-order chi connectivity index (χ0) is 14.8. The number of hydrogen-bond donors (Lipinski definition) is 1. The molecule has 0 spiro atoms. The molecule has 2 heterocycles. The molecule has 0 bridgehead atoms. The summed E-state index contributed by atoms with van der Waals surface area (Å²) in [7, 11) is 0. The molecule has 0 saturated carbocycles. The van der Waals surface area contributed by atoms with E-state index in [1.165, 1.54) is 0 Å². The van der Waals surface area contributed by atoms with Crippen LogP contribution in [0.3, 0.4) is 0 Å². The molecule has 2 aromatic heterocycles. The van der Waals surface area contributed by atoms with Gasteiger partial charge in [-0.3, -0.25) is 4.79 Å². The average molecular weight is 301 g/mol. The van der Waals surface area contributed by atoms with Crippen LogP contribution in [0.25, 0.3) is 22.0 Å². The smallest absolute Gasteiger partial charge is 0.258 e. The second-order valence-corrected chi connectivity index (χ2v) is 4.96. The summed E-state index contributed by atoms with van der Waals surface area (Å²) >= 11 is 5.90. The Labute approximate surface area is 126 Å². The van der Waals surface area contributed by atoms with Crippen LogP contribution in [-0.2, 0) is 0 Å². The second kappa shape index (κ2) is 5.58. The van der Waals surface area contributed by atoms with Crippen molar-refractivity contribution in [2.75, 3.05) is 6.61 Å². The van der Waals surface area contributed by atoms with Crippen molar-refractivity contribution in [2.45, 2.75) is 6.92 Å². The first-order valence-corrected chi connectivity index (χ1v) is 6.98. The normalized spacial score (nSPS) is 10.8. The SMILES string of the molecule is CCOc1ccc2c[nH]c(=O)c(-c3ccc(Cl)cc3)c2n1. The molecule has 3 rings (SSSR count). The molecule has 21 heavy (non-hydrogen) atoms. The zero-order valence-corrected chi connectivity index (χ0v) is 12.1.